The second-order valence-electron chi connectivity index (χ2n) is 3.86. The summed E-state index contributed by atoms with van der Waals surface area (Å²) in [4.78, 5) is 22.1. The Hall–Kier alpha value is -1.40. The van der Waals surface area contributed by atoms with E-state index in [2.05, 4.69) is 21.2 Å². The van der Waals surface area contributed by atoms with Crippen molar-refractivity contribution in [2.24, 2.45) is 0 Å². The van der Waals surface area contributed by atoms with E-state index < -0.39 is 12.1 Å². The van der Waals surface area contributed by atoms with Crippen LogP contribution in [0, 0.1) is 6.92 Å². The van der Waals surface area contributed by atoms with Gasteiger partial charge >= 0.3 is 5.97 Å². The molecule has 0 saturated carbocycles. The number of carbonyl (C=O) groups is 2. The maximum absolute atomic E-state index is 11.8. The molecule has 5 nitrogen and oxygen atoms in total. The van der Waals surface area contributed by atoms with Crippen molar-refractivity contribution in [2.45, 2.75) is 19.4 Å². The van der Waals surface area contributed by atoms with Crippen molar-refractivity contribution in [3.05, 3.63) is 33.8 Å². The zero-order valence-corrected chi connectivity index (χ0v) is 11.4. The van der Waals surface area contributed by atoms with E-state index in [-0.39, 0.29) is 18.9 Å². The van der Waals surface area contributed by atoms with Gasteiger partial charge in [-0.05, 0) is 30.7 Å². The van der Waals surface area contributed by atoms with E-state index in [1.807, 2.05) is 13.0 Å². The Balaban J connectivity index is 2.53. The van der Waals surface area contributed by atoms with Gasteiger partial charge in [0.15, 0.2) is 6.10 Å². The lowest BCUT2D eigenvalue weighted by Gasteiger charge is -2.09. The van der Waals surface area contributed by atoms with Crippen LogP contribution < -0.4 is 5.32 Å². The number of aliphatic carboxylic acids is 1. The molecule has 1 rings (SSSR count). The summed E-state index contributed by atoms with van der Waals surface area (Å²) >= 11 is 3.30. The van der Waals surface area contributed by atoms with Crippen LogP contribution in [0.2, 0.25) is 0 Å². The summed E-state index contributed by atoms with van der Waals surface area (Å²) in [6.07, 6.45) is -1.47. The number of carboxylic acids is 1. The number of benzene rings is 1. The number of aryl methyl sites for hydroxylation is 1. The van der Waals surface area contributed by atoms with Crippen LogP contribution in [0.3, 0.4) is 0 Å². The van der Waals surface area contributed by atoms with Gasteiger partial charge in [0.05, 0.1) is 0 Å². The van der Waals surface area contributed by atoms with Crippen LogP contribution in [0.15, 0.2) is 22.7 Å². The molecule has 18 heavy (non-hydrogen) atoms. The van der Waals surface area contributed by atoms with Crippen molar-refractivity contribution in [2.75, 3.05) is 6.54 Å². The average molecular weight is 316 g/mol. The van der Waals surface area contributed by atoms with Crippen LogP contribution in [-0.2, 0) is 4.79 Å². The topological polar surface area (TPSA) is 86.6 Å². The molecule has 1 aromatic carbocycles. The number of hydrogen-bond donors (Lipinski definition) is 3. The lowest BCUT2D eigenvalue weighted by molar-refractivity contribution is -0.146. The van der Waals surface area contributed by atoms with Crippen LogP contribution >= 0.6 is 15.9 Å². The number of carboxylic acid groups (broad SMARTS) is 1. The Bertz CT molecular complexity index is 461. The van der Waals surface area contributed by atoms with Gasteiger partial charge in [-0.1, -0.05) is 15.9 Å². The highest BCUT2D eigenvalue weighted by molar-refractivity contribution is 9.10. The number of hydrogen-bond acceptors (Lipinski definition) is 3. The number of nitrogens with one attached hydrogen (secondary N) is 1. The van der Waals surface area contributed by atoms with E-state index in [0.717, 1.165) is 10.0 Å². The fourth-order valence-corrected chi connectivity index (χ4v) is 1.90. The average Bonchev–Trinajstić information content (AvgIpc) is 2.28. The standard InChI is InChI=1S/C12H14BrNO4/c1-7-6-8(13)2-3-9(7)11(16)14-5-4-10(15)12(17)18/h2-3,6,10,15H,4-5H2,1H3,(H,14,16)(H,17,18)/t10-/m0/s1. The molecule has 1 amide bonds. The van der Waals surface area contributed by atoms with Gasteiger partial charge in [-0.15, -0.1) is 0 Å². The number of aliphatic hydroxyl groups excluding tert-OH is 1. The van der Waals surface area contributed by atoms with E-state index in [9.17, 15) is 9.59 Å². The van der Waals surface area contributed by atoms with Crippen molar-refractivity contribution in [3.63, 3.8) is 0 Å². The molecule has 0 bridgehead atoms. The van der Waals surface area contributed by atoms with E-state index in [1.54, 1.807) is 12.1 Å². The SMILES string of the molecule is Cc1cc(Br)ccc1C(=O)NCC[C@H](O)C(=O)O. The Morgan fingerprint density at radius 2 is 2.11 bits per heavy atom. The third-order valence-corrected chi connectivity index (χ3v) is 2.91. The van der Waals surface area contributed by atoms with E-state index in [0.29, 0.717) is 5.56 Å². The zero-order chi connectivity index (χ0) is 13.7. The molecule has 3 N–H and O–H groups in total. The first kappa shape index (κ1) is 14.7. The van der Waals surface area contributed by atoms with Crippen LogP contribution in [0.25, 0.3) is 0 Å². The molecule has 0 saturated heterocycles. The van der Waals surface area contributed by atoms with Gasteiger partial charge < -0.3 is 15.5 Å². The molecular formula is C12H14BrNO4. The molecule has 98 valence electrons. The van der Waals surface area contributed by atoms with E-state index >= 15 is 0 Å². The fraction of sp³-hybridized carbons (Fsp3) is 0.333. The van der Waals surface area contributed by atoms with Crippen molar-refractivity contribution in [1.82, 2.24) is 5.32 Å². The highest BCUT2D eigenvalue weighted by Gasteiger charge is 2.14. The van der Waals surface area contributed by atoms with Gasteiger partial charge in [0, 0.05) is 23.0 Å². The summed E-state index contributed by atoms with van der Waals surface area (Å²) in [5.41, 5.74) is 1.35. The van der Waals surface area contributed by atoms with Crippen molar-refractivity contribution >= 4 is 27.8 Å². The highest BCUT2D eigenvalue weighted by atomic mass is 79.9. The Kier molecular flexibility index (Phi) is 5.30. The normalized spacial score (nSPS) is 11.9. The number of rotatable bonds is 5. The molecule has 0 unspecified atom stereocenters. The summed E-state index contributed by atoms with van der Waals surface area (Å²) in [7, 11) is 0. The Morgan fingerprint density at radius 1 is 1.44 bits per heavy atom. The minimum Gasteiger partial charge on any atom is -0.479 e. The predicted molar refractivity (Wildman–Crippen MR) is 69.5 cm³/mol. The molecule has 6 heteroatoms. The van der Waals surface area contributed by atoms with Gasteiger partial charge in [0.25, 0.3) is 5.91 Å². The fourth-order valence-electron chi connectivity index (χ4n) is 1.42. The summed E-state index contributed by atoms with van der Waals surface area (Å²) < 4.78 is 0.887. The first-order chi connectivity index (χ1) is 8.41. The highest BCUT2D eigenvalue weighted by Crippen LogP contribution is 2.15. The molecule has 0 aromatic heterocycles. The van der Waals surface area contributed by atoms with Crippen LogP contribution in [0.1, 0.15) is 22.3 Å². The molecule has 1 atom stereocenters. The zero-order valence-electron chi connectivity index (χ0n) is 9.81. The quantitative estimate of drug-likeness (QED) is 0.765. The minimum atomic E-state index is -1.45. The molecule has 0 aliphatic heterocycles. The van der Waals surface area contributed by atoms with Gasteiger partial charge in [-0.25, -0.2) is 4.79 Å². The number of aliphatic hydroxyl groups is 1. The summed E-state index contributed by atoms with van der Waals surface area (Å²) in [5.74, 6) is -1.57. The molecule has 0 aliphatic carbocycles. The minimum absolute atomic E-state index is 0.0172. The summed E-state index contributed by atoms with van der Waals surface area (Å²) in [5, 5.41) is 20.1. The lowest BCUT2D eigenvalue weighted by atomic mass is 10.1. The monoisotopic (exact) mass is 315 g/mol. The van der Waals surface area contributed by atoms with Crippen LogP contribution in [0.4, 0.5) is 0 Å². The third-order valence-electron chi connectivity index (χ3n) is 2.42. The number of halogens is 1. The van der Waals surface area contributed by atoms with Crippen LogP contribution in [0.5, 0.6) is 0 Å². The molecular weight excluding hydrogens is 302 g/mol. The Labute approximate surface area is 113 Å². The van der Waals surface area contributed by atoms with E-state index in [1.165, 1.54) is 0 Å². The van der Waals surface area contributed by atoms with E-state index in [4.69, 9.17) is 10.2 Å². The molecule has 0 aliphatic rings. The predicted octanol–water partition coefficient (Wildman–Crippen LogP) is 1.32. The van der Waals surface area contributed by atoms with Crippen molar-refractivity contribution < 1.29 is 19.8 Å². The molecule has 0 spiro atoms. The van der Waals surface area contributed by atoms with Gasteiger partial charge in [-0.2, -0.15) is 0 Å². The number of amides is 1. The molecule has 1 aromatic rings. The second kappa shape index (κ2) is 6.51. The van der Waals surface area contributed by atoms with Gasteiger partial charge in [0.1, 0.15) is 0 Å². The lowest BCUT2D eigenvalue weighted by Crippen LogP contribution is -2.30. The summed E-state index contributed by atoms with van der Waals surface area (Å²) in [6.45, 7) is 1.92. The number of carbonyl (C=O) groups excluding carboxylic acids is 1. The smallest absolute Gasteiger partial charge is 0.332 e. The van der Waals surface area contributed by atoms with Crippen molar-refractivity contribution in [3.8, 4) is 0 Å². The second-order valence-corrected chi connectivity index (χ2v) is 4.77. The van der Waals surface area contributed by atoms with Gasteiger partial charge in [-0.3, -0.25) is 4.79 Å². The maximum Gasteiger partial charge on any atom is 0.332 e. The summed E-state index contributed by atoms with van der Waals surface area (Å²) in [6, 6.07) is 5.26. The third kappa shape index (κ3) is 4.12. The first-order valence-corrected chi connectivity index (χ1v) is 6.16. The largest absolute Gasteiger partial charge is 0.479 e. The molecule has 0 heterocycles. The molecule has 0 fully saturated rings. The Morgan fingerprint density at radius 3 is 2.67 bits per heavy atom. The van der Waals surface area contributed by atoms with Gasteiger partial charge in [0.2, 0.25) is 0 Å². The molecule has 0 radical (unpaired) electrons. The maximum atomic E-state index is 11.8. The first-order valence-electron chi connectivity index (χ1n) is 5.37. The van der Waals surface area contributed by atoms with Crippen molar-refractivity contribution in [1.29, 1.82) is 0 Å². The van der Waals surface area contributed by atoms with Crippen LogP contribution in [-0.4, -0.2) is 34.7 Å².